The van der Waals surface area contributed by atoms with E-state index in [1.54, 1.807) is 29.2 Å². The highest BCUT2D eigenvalue weighted by atomic mass is 19.1. The van der Waals surface area contributed by atoms with Crippen molar-refractivity contribution in [3.63, 3.8) is 0 Å². The number of aliphatic hydroxyl groups is 1. The predicted molar refractivity (Wildman–Crippen MR) is 141 cm³/mol. The summed E-state index contributed by atoms with van der Waals surface area (Å²) in [6.07, 6.45) is 6.28. The molecule has 196 valence electrons. The lowest BCUT2D eigenvalue weighted by atomic mass is 9.77. The van der Waals surface area contributed by atoms with Crippen molar-refractivity contribution < 1.29 is 19.0 Å². The molecule has 2 aromatic carbocycles. The van der Waals surface area contributed by atoms with Crippen molar-refractivity contribution in [1.82, 2.24) is 19.7 Å². The van der Waals surface area contributed by atoms with Crippen LogP contribution in [0.4, 0.5) is 10.1 Å². The van der Waals surface area contributed by atoms with E-state index in [2.05, 4.69) is 15.0 Å². The molecule has 1 aromatic heterocycles. The molecule has 8 nitrogen and oxygen atoms in total. The number of halogens is 1. The summed E-state index contributed by atoms with van der Waals surface area (Å²) in [6.45, 7) is 8.98. The number of nitrogens with zero attached hydrogens (tertiary/aromatic N) is 5. The number of hydrogen-bond donors (Lipinski definition) is 1. The van der Waals surface area contributed by atoms with Gasteiger partial charge in [0.25, 0.3) is 0 Å². The van der Waals surface area contributed by atoms with Crippen molar-refractivity contribution in [2.45, 2.75) is 32.9 Å². The fraction of sp³-hybridized carbons (Fsp3) is 0.393. The lowest BCUT2D eigenvalue weighted by Gasteiger charge is -2.39. The number of carbonyl (C=O) groups is 1. The smallest absolute Gasteiger partial charge is 0.246 e. The Balaban J connectivity index is 1.29. The summed E-state index contributed by atoms with van der Waals surface area (Å²) >= 11 is 0. The fourth-order valence-corrected chi connectivity index (χ4v) is 4.07. The lowest BCUT2D eigenvalue weighted by Crippen LogP contribution is -2.51. The van der Waals surface area contributed by atoms with Crippen LogP contribution in [0, 0.1) is 11.2 Å². The first-order chi connectivity index (χ1) is 17.6. The van der Waals surface area contributed by atoms with Gasteiger partial charge in [0.2, 0.25) is 5.91 Å². The third-order valence-corrected chi connectivity index (χ3v) is 6.85. The molecule has 1 aliphatic rings. The second-order valence-corrected chi connectivity index (χ2v) is 10.4. The summed E-state index contributed by atoms with van der Waals surface area (Å²) in [5, 5.41) is 15.5. The highest BCUT2D eigenvalue weighted by Gasteiger charge is 2.41. The number of carbonyl (C=O) groups excluding carboxylic acids is 1. The van der Waals surface area contributed by atoms with Crippen molar-refractivity contribution in [1.29, 1.82) is 0 Å². The zero-order valence-electron chi connectivity index (χ0n) is 21.5. The first-order valence-corrected chi connectivity index (χ1v) is 12.4. The molecule has 1 aliphatic heterocycles. The molecular weight excluding hydrogens is 473 g/mol. The fourth-order valence-electron chi connectivity index (χ4n) is 4.07. The summed E-state index contributed by atoms with van der Waals surface area (Å²) in [5.41, 5.74) is 0.252. The number of benzene rings is 2. The molecule has 0 aliphatic carbocycles. The van der Waals surface area contributed by atoms with Crippen LogP contribution in [0.2, 0.25) is 0 Å². The van der Waals surface area contributed by atoms with Gasteiger partial charge in [0.15, 0.2) is 0 Å². The Hall–Kier alpha value is -3.72. The Kier molecular flexibility index (Phi) is 7.92. The molecule has 1 fully saturated rings. The van der Waals surface area contributed by atoms with E-state index in [-0.39, 0.29) is 24.9 Å². The minimum absolute atomic E-state index is 0.0510. The van der Waals surface area contributed by atoms with E-state index in [9.17, 15) is 14.3 Å². The van der Waals surface area contributed by atoms with Gasteiger partial charge in [-0.25, -0.2) is 14.1 Å². The Bertz CT molecular complexity index is 1180. The molecule has 1 amide bonds. The van der Waals surface area contributed by atoms with Crippen LogP contribution in [0.1, 0.15) is 26.3 Å². The van der Waals surface area contributed by atoms with E-state index < -0.39 is 11.0 Å². The number of hydrogen-bond acceptors (Lipinski definition) is 6. The van der Waals surface area contributed by atoms with Crippen LogP contribution < -0.4 is 9.64 Å². The largest absolute Gasteiger partial charge is 0.490 e. The van der Waals surface area contributed by atoms with E-state index in [1.165, 1.54) is 24.5 Å². The maximum absolute atomic E-state index is 13.0. The SMILES string of the molecule is CC(C)(C)C(O)(COc1ccc(N2CCN(C(=O)/C=C/c3ccc(F)cc3)CC2)cc1)Cn1cncn1. The van der Waals surface area contributed by atoms with E-state index in [0.29, 0.717) is 18.8 Å². The molecule has 1 N–H and O–H groups in total. The highest BCUT2D eigenvalue weighted by molar-refractivity contribution is 5.92. The van der Waals surface area contributed by atoms with Crippen LogP contribution in [0.15, 0.2) is 67.3 Å². The zero-order valence-corrected chi connectivity index (χ0v) is 21.5. The summed E-state index contributed by atoms with van der Waals surface area (Å²) in [4.78, 5) is 20.6. The summed E-state index contributed by atoms with van der Waals surface area (Å²) in [7, 11) is 0. The molecule has 2 heterocycles. The second-order valence-electron chi connectivity index (χ2n) is 10.4. The first kappa shape index (κ1) is 26.3. The molecule has 37 heavy (non-hydrogen) atoms. The Morgan fingerprint density at radius 3 is 2.32 bits per heavy atom. The van der Waals surface area contributed by atoms with Crippen molar-refractivity contribution >= 4 is 17.7 Å². The molecule has 4 rings (SSSR count). The molecule has 3 aromatic rings. The van der Waals surface area contributed by atoms with E-state index in [4.69, 9.17) is 4.74 Å². The van der Waals surface area contributed by atoms with Gasteiger partial charge in [-0.15, -0.1) is 0 Å². The minimum atomic E-state index is -1.15. The standard InChI is InChI=1S/C28H34FN5O3/c1-27(2,3)28(36,18-34-21-30-20-31-34)19-37-25-11-9-24(10-12-25)32-14-16-33(17-15-32)26(35)13-6-22-4-7-23(29)8-5-22/h4-13,20-21,36H,14-19H2,1-3H3/b13-6+. The van der Waals surface area contributed by atoms with Crippen LogP contribution in [0.25, 0.3) is 6.08 Å². The average Bonchev–Trinajstić information content (AvgIpc) is 3.39. The highest BCUT2D eigenvalue weighted by Crippen LogP contribution is 2.33. The summed E-state index contributed by atoms with van der Waals surface area (Å²) < 4.78 is 20.6. The average molecular weight is 508 g/mol. The van der Waals surface area contributed by atoms with Gasteiger partial charge in [-0.1, -0.05) is 32.9 Å². The summed E-state index contributed by atoms with van der Waals surface area (Å²) in [6, 6.07) is 13.8. The van der Waals surface area contributed by atoms with Crippen molar-refractivity contribution in [2.75, 3.05) is 37.7 Å². The van der Waals surface area contributed by atoms with Gasteiger partial charge in [-0.2, -0.15) is 5.10 Å². The van der Waals surface area contributed by atoms with E-state index >= 15 is 0 Å². The second kappa shape index (κ2) is 11.1. The number of anilines is 1. The number of piperazine rings is 1. The van der Waals surface area contributed by atoms with Gasteiger partial charge in [-0.05, 0) is 53.5 Å². The molecule has 1 unspecified atom stereocenters. The molecule has 0 saturated carbocycles. The number of amides is 1. The van der Waals surface area contributed by atoms with Gasteiger partial charge in [-0.3, -0.25) is 4.79 Å². The number of rotatable bonds is 8. The van der Waals surface area contributed by atoms with Crippen molar-refractivity contribution in [3.8, 4) is 5.75 Å². The maximum atomic E-state index is 13.0. The molecule has 1 saturated heterocycles. The van der Waals surface area contributed by atoms with Crippen LogP contribution in [-0.4, -0.2) is 69.1 Å². The normalized spacial score (nSPS) is 16.1. The quantitative estimate of drug-likeness (QED) is 0.469. The number of aromatic nitrogens is 3. The Morgan fingerprint density at radius 2 is 1.73 bits per heavy atom. The topological polar surface area (TPSA) is 83.7 Å². The van der Waals surface area contributed by atoms with Gasteiger partial charge >= 0.3 is 0 Å². The monoisotopic (exact) mass is 507 g/mol. The molecule has 0 bridgehead atoms. The van der Waals surface area contributed by atoms with Gasteiger partial charge in [0.05, 0.1) is 6.54 Å². The third-order valence-electron chi connectivity index (χ3n) is 6.85. The van der Waals surface area contributed by atoms with Gasteiger partial charge < -0.3 is 19.6 Å². The van der Waals surface area contributed by atoms with Crippen molar-refractivity contribution in [3.05, 3.63) is 78.6 Å². The zero-order chi connectivity index (χ0) is 26.5. The minimum Gasteiger partial charge on any atom is -0.490 e. The molecule has 0 radical (unpaired) electrons. The lowest BCUT2D eigenvalue weighted by molar-refractivity contribution is -0.126. The van der Waals surface area contributed by atoms with Crippen LogP contribution in [-0.2, 0) is 11.3 Å². The van der Waals surface area contributed by atoms with Crippen LogP contribution >= 0.6 is 0 Å². The van der Waals surface area contributed by atoms with Gasteiger partial charge in [0.1, 0.15) is 36.4 Å². The summed E-state index contributed by atoms with van der Waals surface area (Å²) in [5.74, 6) is 0.323. The first-order valence-electron chi connectivity index (χ1n) is 12.4. The third kappa shape index (κ3) is 6.74. The predicted octanol–water partition coefficient (Wildman–Crippen LogP) is 3.64. The van der Waals surface area contributed by atoms with Gasteiger partial charge in [0, 0.05) is 37.9 Å². The Labute approximate surface area is 217 Å². The van der Waals surface area contributed by atoms with E-state index in [1.807, 2.05) is 49.9 Å². The maximum Gasteiger partial charge on any atom is 0.246 e. The molecule has 9 heteroatoms. The van der Waals surface area contributed by atoms with Crippen LogP contribution in [0.3, 0.4) is 0 Å². The molecule has 0 spiro atoms. The van der Waals surface area contributed by atoms with Crippen LogP contribution in [0.5, 0.6) is 5.75 Å². The van der Waals surface area contributed by atoms with Crippen molar-refractivity contribution in [2.24, 2.45) is 5.41 Å². The van der Waals surface area contributed by atoms with E-state index in [0.717, 1.165) is 24.3 Å². The molecule has 1 atom stereocenters. The number of ether oxygens (including phenoxy) is 1. The Morgan fingerprint density at radius 1 is 1.05 bits per heavy atom. The molecular formula is C28H34FN5O3.